The molecule has 0 radical (unpaired) electrons. The van der Waals surface area contributed by atoms with Crippen molar-refractivity contribution in [3.05, 3.63) is 89.4 Å². The number of nitrogens with zero attached hydrogens (tertiary/aromatic N) is 5. The van der Waals surface area contributed by atoms with E-state index < -0.39 is 17.8 Å². The number of aromatic nitrogens is 4. The Morgan fingerprint density at radius 3 is 2.44 bits per heavy atom. The molecule has 9 nitrogen and oxygen atoms in total. The summed E-state index contributed by atoms with van der Waals surface area (Å²) in [6, 6.07) is 12.6. The highest BCUT2D eigenvalue weighted by atomic mass is 19.4. The third kappa shape index (κ3) is 5.90. The Morgan fingerprint density at radius 1 is 1.06 bits per heavy atom. The van der Waals surface area contributed by atoms with E-state index in [1.807, 2.05) is 13.8 Å². The molecular weight excluding hydrogens is 477 g/mol. The van der Waals surface area contributed by atoms with Gasteiger partial charge in [0.05, 0.1) is 22.5 Å². The van der Waals surface area contributed by atoms with Crippen LogP contribution in [-0.4, -0.2) is 37.7 Å². The first-order valence-electron chi connectivity index (χ1n) is 10.7. The fourth-order valence-electron chi connectivity index (χ4n) is 3.08. The number of hydrogen-bond donors (Lipinski definition) is 1. The van der Waals surface area contributed by atoms with Gasteiger partial charge in [0.2, 0.25) is 0 Å². The summed E-state index contributed by atoms with van der Waals surface area (Å²) in [5.41, 5.74) is -0.140. The van der Waals surface area contributed by atoms with Crippen molar-refractivity contribution in [3.8, 4) is 16.9 Å². The van der Waals surface area contributed by atoms with Crippen molar-refractivity contribution >= 4 is 17.4 Å². The van der Waals surface area contributed by atoms with E-state index >= 15 is 0 Å². The SMILES string of the molecule is CC.CO[N+](=O)c1cccc(C(=O)Nc2ccc(-n3nc(-c4cccnc4)cc3C(F)(F)F)cn2)c1. The van der Waals surface area contributed by atoms with Gasteiger partial charge in [-0.2, -0.15) is 18.3 Å². The predicted molar refractivity (Wildman–Crippen MR) is 126 cm³/mol. The van der Waals surface area contributed by atoms with Crippen LogP contribution in [0.15, 0.2) is 73.2 Å². The summed E-state index contributed by atoms with van der Waals surface area (Å²) < 4.78 is 41.6. The van der Waals surface area contributed by atoms with Crippen LogP contribution in [0, 0.1) is 4.91 Å². The van der Waals surface area contributed by atoms with Crippen LogP contribution in [0.25, 0.3) is 16.9 Å². The van der Waals surface area contributed by atoms with Crippen molar-refractivity contribution in [3.63, 3.8) is 0 Å². The molecule has 12 heteroatoms. The van der Waals surface area contributed by atoms with Gasteiger partial charge in [0.25, 0.3) is 10.8 Å². The molecule has 0 saturated heterocycles. The zero-order valence-electron chi connectivity index (χ0n) is 19.5. The molecule has 0 aliphatic heterocycles. The lowest BCUT2D eigenvalue weighted by atomic mass is 10.2. The number of benzene rings is 1. The minimum absolute atomic E-state index is 0.0459. The molecule has 186 valence electrons. The molecule has 0 aliphatic rings. The molecule has 0 unspecified atom stereocenters. The average molecular weight is 499 g/mol. The lowest BCUT2D eigenvalue weighted by Gasteiger charge is -2.10. The number of nitrogens with one attached hydrogen (secondary N) is 1. The van der Waals surface area contributed by atoms with Crippen molar-refractivity contribution in [1.82, 2.24) is 19.7 Å². The molecule has 3 heterocycles. The monoisotopic (exact) mass is 499 g/mol. The van der Waals surface area contributed by atoms with Gasteiger partial charge in [0.15, 0.2) is 7.11 Å². The minimum atomic E-state index is -4.66. The Balaban J connectivity index is 0.00000176. The van der Waals surface area contributed by atoms with Gasteiger partial charge >= 0.3 is 11.9 Å². The standard InChI is InChI=1S/C22H15F3N6O3.C2H6/c1-34-31(33)16-6-2-4-14(10-16)21(32)28-20-8-7-17(13-27-20)30-19(22(23,24)25)11-18(29-30)15-5-3-9-26-12-15;1-2/h2-13H,1H3;1-2H3/p+1. The van der Waals surface area contributed by atoms with Crippen LogP contribution in [0.2, 0.25) is 0 Å². The number of carbonyl (C=O) groups excluding carboxylic acids is 1. The van der Waals surface area contributed by atoms with Crippen molar-refractivity contribution in [2.24, 2.45) is 0 Å². The third-order valence-electron chi connectivity index (χ3n) is 4.68. The average Bonchev–Trinajstić information content (AvgIpc) is 3.37. The Labute approximate surface area is 204 Å². The van der Waals surface area contributed by atoms with Crippen LogP contribution in [0.5, 0.6) is 0 Å². The van der Waals surface area contributed by atoms with Gasteiger partial charge in [-0.05, 0) is 36.4 Å². The quantitative estimate of drug-likeness (QED) is 0.347. The summed E-state index contributed by atoms with van der Waals surface area (Å²) in [5.74, 6) is -0.474. The molecule has 0 fully saturated rings. The Bertz CT molecular complexity index is 1340. The first-order valence-corrected chi connectivity index (χ1v) is 10.7. The molecule has 36 heavy (non-hydrogen) atoms. The second kappa shape index (κ2) is 11.2. The molecule has 0 saturated carbocycles. The van der Waals surface area contributed by atoms with E-state index in [-0.39, 0.29) is 33.4 Å². The molecule has 0 atom stereocenters. The number of amides is 1. The van der Waals surface area contributed by atoms with E-state index in [2.05, 4.69) is 25.2 Å². The highest BCUT2D eigenvalue weighted by molar-refractivity contribution is 6.04. The van der Waals surface area contributed by atoms with E-state index in [0.29, 0.717) is 5.56 Å². The molecule has 0 aliphatic carbocycles. The lowest BCUT2D eigenvalue weighted by Crippen LogP contribution is -2.15. The van der Waals surface area contributed by atoms with Gasteiger partial charge in [0, 0.05) is 35.7 Å². The van der Waals surface area contributed by atoms with E-state index in [1.54, 1.807) is 12.1 Å². The summed E-state index contributed by atoms with van der Waals surface area (Å²) in [4.78, 5) is 36.8. The fourth-order valence-corrected chi connectivity index (χ4v) is 3.08. The largest absolute Gasteiger partial charge is 0.433 e. The van der Waals surface area contributed by atoms with E-state index in [0.717, 1.165) is 16.9 Å². The van der Waals surface area contributed by atoms with Crippen LogP contribution >= 0.6 is 0 Å². The smallest absolute Gasteiger partial charge is 0.307 e. The van der Waals surface area contributed by atoms with Crippen molar-refractivity contribution in [1.29, 1.82) is 0 Å². The molecule has 0 spiro atoms. The molecule has 3 aromatic heterocycles. The highest BCUT2D eigenvalue weighted by Crippen LogP contribution is 2.34. The lowest BCUT2D eigenvalue weighted by molar-refractivity contribution is -0.736. The summed E-state index contributed by atoms with van der Waals surface area (Å²) in [5, 5.41) is 6.60. The normalized spacial score (nSPS) is 10.7. The minimum Gasteiger partial charge on any atom is -0.307 e. The fraction of sp³-hybridized carbons (Fsp3) is 0.167. The number of halogens is 3. The van der Waals surface area contributed by atoms with Crippen molar-refractivity contribution in [2.75, 3.05) is 12.4 Å². The number of rotatable bonds is 6. The first kappa shape index (κ1) is 26.0. The van der Waals surface area contributed by atoms with Gasteiger partial charge in [-0.3, -0.25) is 9.78 Å². The summed E-state index contributed by atoms with van der Waals surface area (Å²) in [6.07, 6.45) is -0.585. The van der Waals surface area contributed by atoms with Crippen LogP contribution in [0.3, 0.4) is 0 Å². The predicted octanol–water partition coefficient (Wildman–Crippen LogP) is 5.60. The van der Waals surface area contributed by atoms with Crippen molar-refractivity contribution < 1.29 is 27.7 Å². The Morgan fingerprint density at radius 2 is 1.83 bits per heavy atom. The summed E-state index contributed by atoms with van der Waals surface area (Å²) in [7, 11) is 1.19. The van der Waals surface area contributed by atoms with Gasteiger partial charge in [0.1, 0.15) is 11.5 Å². The van der Waals surface area contributed by atoms with Gasteiger partial charge < -0.3 is 5.32 Å². The topological polar surface area (TPSA) is 102 Å². The zero-order valence-corrected chi connectivity index (χ0v) is 19.5. The number of carbonyl (C=O) groups is 1. The molecule has 4 rings (SSSR count). The second-order valence-electron chi connectivity index (χ2n) is 6.91. The molecule has 1 N–H and O–H groups in total. The maximum Gasteiger partial charge on any atom is 0.433 e. The van der Waals surface area contributed by atoms with Crippen LogP contribution in [0.4, 0.5) is 24.7 Å². The summed E-state index contributed by atoms with van der Waals surface area (Å²) >= 11 is 0. The third-order valence-corrected chi connectivity index (χ3v) is 4.68. The molecular formula is C24H22F3N6O3+. The van der Waals surface area contributed by atoms with E-state index in [4.69, 9.17) is 0 Å². The van der Waals surface area contributed by atoms with Gasteiger partial charge in [-0.1, -0.05) is 19.9 Å². The van der Waals surface area contributed by atoms with Gasteiger partial charge in [-0.15, -0.1) is 0 Å². The van der Waals surface area contributed by atoms with Crippen LogP contribution < -0.4 is 5.32 Å². The Hall–Kier alpha value is -4.61. The van der Waals surface area contributed by atoms with Crippen LogP contribution in [0.1, 0.15) is 29.9 Å². The van der Waals surface area contributed by atoms with Gasteiger partial charge in [-0.25, -0.2) is 14.5 Å². The maximum atomic E-state index is 13.6. The summed E-state index contributed by atoms with van der Waals surface area (Å²) in [6.45, 7) is 4.00. The molecule has 1 amide bonds. The molecule has 1 aromatic carbocycles. The highest BCUT2D eigenvalue weighted by Gasteiger charge is 2.36. The number of alkyl halides is 3. The number of anilines is 1. The van der Waals surface area contributed by atoms with Crippen molar-refractivity contribution in [2.45, 2.75) is 20.0 Å². The van der Waals surface area contributed by atoms with Crippen LogP contribution in [-0.2, 0) is 11.0 Å². The molecule has 4 aromatic rings. The Kier molecular flexibility index (Phi) is 8.10. The second-order valence-corrected chi connectivity index (χ2v) is 6.91. The van der Waals surface area contributed by atoms with E-state index in [9.17, 15) is 22.9 Å². The first-order chi connectivity index (χ1) is 17.3. The maximum absolute atomic E-state index is 13.6. The number of hydrogen-bond acceptors (Lipinski definition) is 6. The molecule has 0 bridgehead atoms. The van der Waals surface area contributed by atoms with E-state index in [1.165, 1.54) is 55.9 Å². The zero-order chi connectivity index (χ0) is 26.3. The number of pyridine rings is 2.